The smallest absolute Gasteiger partial charge is 0.315 e. The lowest BCUT2D eigenvalue weighted by molar-refractivity contribution is -0.142. The fourth-order valence-electron chi connectivity index (χ4n) is 2.45. The van der Waals surface area contributed by atoms with Crippen molar-refractivity contribution >= 4 is 21.8 Å². The number of ether oxygens (including phenoxy) is 1. The highest BCUT2D eigenvalue weighted by Crippen LogP contribution is 2.19. The number of hydrogen-bond donors (Lipinski definition) is 3. The van der Waals surface area contributed by atoms with E-state index in [1.54, 1.807) is 0 Å². The number of carbonyl (C=O) groups is 2. The molecular weight excluding hydrogens is 288 g/mol. The summed E-state index contributed by atoms with van der Waals surface area (Å²) in [5.74, 6) is -1.62. The number of amides is 2. The molecule has 3 unspecified atom stereocenters. The van der Waals surface area contributed by atoms with Crippen molar-refractivity contribution in [1.29, 1.82) is 0 Å². The topological polar surface area (TPSA) is 122 Å². The van der Waals surface area contributed by atoms with E-state index in [4.69, 9.17) is 9.84 Å². The molecule has 2 aliphatic rings. The number of carboxylic acid groups (broad SMARTS) is 1. The first-order valence-electron chi connectivity index (χ1n) is 6.46. The summed E-state index contributed by atoms with van der Waals surface area (Å²) >= 11 is 0. The molecule has 0 aromatic carbocycles. The zero-order valence-corrected chi connectivity index (χ0v) is 11.7. The Bertz CT molecular complexity index is 491. The number of carbonyl (C=O) groups excluding carboxylic acids is 1. The van der Waals surface area contributed by atoms with Gasteiger partial charge in [0.15, 0.2) is 9.84 Å². The quantitative estimate of drug-likeness (QED) is 0.610. The van der Waals surface area contributed by atoms with Crippen LogP contribution in [-0.4, -0.2) is 62.3 Å². The largest absolute Gasteiger partial charge is 0.481 e. The maximum atomic E-state index is 11.7. The summed E-state index contributed by atoms with van der Waals surface area (Å²) in [6, 6.07) is -1.15. The second-order valence-corrected chi connectivity index (χ2v) is 7.47. The van der Waals surface area contributed by atoms with Gasteiger partial charge in [-0.2, -0.15) is 0 Å². The van der Waals surface area contributed by atoms with Crippen LogP contribution in [0.15, 0.2) is 0 Å². The standard InChI is InChI=1S/C11H18N2O6S/c14-10(15)8-5-19-6-9(8)13-11(16)12-4-7-2-1-3-20(7,17)18/h7-9H,1-6H2,(H,14,15)(H2,12,13,16). The van der Waals surface area contributed by atoms with Gasteiger partial charge in [-0.05, 0) is 12.8 Å². The molecule has 2 saturated heterocycles. The van der Waals surface area contributed by atoms with E-state index >= 15 is 0 Å². The average molecular weight is 306 g/mol. The van der Waals surface area contributed by atoms with Crippen LogP contribution in [0.5, 0.6) is 0 Å². The molecule has 0 aromatic heterocycles. The van der Waals surface area contributed by atoms with E-state index in [2.05, 4.69) is 10.6 Å². The average Bonchev–Trinajstić information content (AvgIpc) is 2.93. The molecule has 2 aliphatic heterocycles. The Morgan fingerprint density at radius 3 is 2.65 bits per heavy atom. The first-order chi connectivity index (χ1) is 9.40. The van der Waals surface area contributed by atoms with Crippen molar-refractivity contribution in [3.63, 3.8) is 0 Å². The van der Waals surface area contributed by atoms with Gasteiger partial charge in [0.2, 0.25) is 0 Å². The highest BCUT2D eigenvalue weighted by atomic mass is 32.2. The number of urea groups is 1. The van der Waals surface area contributed by atoms with Gasteiger partial charge in [-0.25, -0.2) is 13.2 Å². The lowest BCUT2D eigenvalue weighted by atomic mass is 10.0. The summed E-state index contributed by atoms with van der Waals surface area (Å²) in [4.78, 5) is 22.6. The van der Waals surface area contributed by atoms with Crippen LogP contribution in [0, 0.1) is 5.92 Å². The van der Waals surface area contributed by atoms with E-state index in [9.17, 15) is 18.0 Å². The Morgan fingerprint density at radius 2 is 2.05 bits per heavy atom. The number of nitrogens with one attached hydrogen (secondary N) is 2. The van der Waals surface area contributed by atoms with Crippen LogP contribution in [-0.2, 0) is 19.4 Å². The molecular formula is C11H18N2O6S. The summed E-state index contributed by atoms with van der Waals surface area (Å²) in [6.07, 6.45) is 1.17. The number of carboxylic acids is 1. The number of hydrogen-bond acceptors (Lipinski definition) is 5. The highest BCUT2D eigenvalue weighted by Gasteiger charge is 2.36. The van der Waals surface area contributed by atoms with Crippen molar-refractivity contribution in [2.24, 2.45) is 5.92 Å². The van der Waals surface area contributed by atoms with Gasteiger partial charge in [0.05, 0.1) is 30.3 Å². The summed E-state index contributed by atoms with van der Waals surface area (Å²) in [6.45, 7) is 0.267. The molecule has 2 rings (SSSR count). The zero-order chi connectivity index (χ0) is 14.8. The predicted octanol–water partition coefficient (Wildman–Crippen LogP) is -1.04. The molecule has 3 N–H and O–H groups in total. The molecule has 2 fully saturated rings. The molecule has 0 aliphatic carbocycles. The zero-order valence-electron chi connectivity index (χ0n) is 10.9. The second kappa shape index (κ2) is 5.96. The molecule has 0 saturated carbocycles. The first kappa shape index (κ1) is 15.0. The van der Waals surface area contributed by atoms with Crippen molar-refractivity contribution in [3.8, 4) is 0 Å². The molecule has 0 radical (unpaired) electrons. The fourth-order valence-corrected chi connectivity index (χ4v) is 4.22. The van der Waals surface area contributed by atoms with E-state index in [0.717, 1.165) is 0 Å². The number of aliphatic carboxylic acids is 1. The number of rotatable bonds is 4. The van der Waals surface area contributed by atoms with E-state index in [-0.39, 0.29) is 25.5 Å². The van der Waals surface area contributed by atoms with Gasteiger partial charge in [0.1, 0.15) is 5.92 Å². The minimum atomic E-state index is -3.10. The van der Waals surface area contributed by atoms with Crippen LogP contribution in [0.4, 0.5) is 4.79 Å². The van der Waals surface area contributed by atoms with Gasteiger partial charge in [-0.15, -0.1) is 0 Å². The van der Waals surface area contributed by atoms with Crippen molar-refractivity contribution in [1.82, 2.24) is 10.6 Å². The molecule has 114 valence electrons. The van der Waals surface area contributed by atoms with Gasteiger partial charge >= 0.3 is 12.0 Å². The van der Waals surface area contributed by atoms with Crippen molar-refractivity contribution in [3.05, 3.63) is 0 Å². The molecule has 9 heteroatoms. The molecule has 2 amide bonds. The Kier molecular flexibility index (Phi) is 4.48. The van der Waals surface area contributed by atoms with E-state index in [1.165, 1.54) is 0 Å². The van der Waals surface area contributed by atoms with Crippen molar-refractivity contribution < 1.29 is 27.9 Å². The summed E-state index contributed by atoms with van der Waals surface area (Å²) in [5, 5.41) is 13.4. The highest BCUT2D eigenvalue weighted by molar-refractivity contribution is 7.92. The molecule has 3 atom stereocenters. The SMILES string of the molecule is O=C(NCC1CCCS1(=O)=O)NC1COCC1C(=O)O. The third-order valence-corrected chi connectivity index (χ3v) is 5.94. The minimum Gasteiger partial charge on any atom is -0.481 e. The number of sulfone groups is 1. The summed E-state index contributed by atoms with van der Waals surface area (Å²) < 4.78 is 28.2. The fraction of sp³-hybridized carbons (Fsp3) is 0.818. The Labute approximate surface area is 116 Å². The first-order valence-corrected chi connectivity index (χ1v) is 8.18. The molecule has 0 bridgehead atoms. The van der Waals surface area contributed by atoms with Crippen molar-refractivity contribution in [2.75, 3.05) is 25.5 Å². The van der Waals surface area contributed by atoms with Crippen LogP contribution in [0.2, 0.25) is 0 Å². The summed E-state index contributed by atoms with van der Waals surface area (Å²) in [5.41, 5.74) is 0. The van der Waals surface area contributed by atoms with E-state index in [1.807, 2.05) is 0 Å². The van der Waals surface area contributed by atoms with Crippen LogP contribution < -0.4 is 10.6 Å². The summed E-state index contributed by atoms with van der Waals surface area (Å²) in [7, 11) is -3.10. The lowest BCUT2D eigenvalue weighted by Gasteiger charge is -2.17. The van der Waals surface area contributed by atoms with Gasteiger partial charge < -0.3 is 20.5 Å². The van der Waals surface area contributed by atoms with Gasteiger partial charge in [-0.1, -0.05) is 0 Å². The lowest BCUT2D eigenvalue weighted by Crippen LogP contribution is -2.48. The minimum absolute atomic E-state index is 0.0550. The van der Waals surface area contributed by atoms with Crippen molar-refractivity contribution in [2.45, 2.75) is 24.1 Å². The van der Waals surface area contributed by atoms with Gasteiger partial charge in [0.25, 0.3) is 0 Å². The van der Waals surface area contributed by atoms with Crippen LogP contribution in [0.3, 0.4) is 0 Å². The third kappa shape index (κ3) is 3.40. The second-order valence-electron chi connectivity index (χ2n) is 5.07. The van der Waals surface area contributed by atoms with Gasteiger partial charge in [0, 0.05) is 6.54 Å². The van der Waals surface area contributed by atoms with Crippen LogP contribution >= 0.6 is 0 Å². The Balaban J connectivity index is 1.80. The van der Waals surface area contributed by atoms with Gasteiger partial charge in [-0.3, -0.25) is 4.79 Å². The molecule has 8 nitrogen and oxygen atoms in total. The molecule has 2 heterocycles. The van der Waals surface area contributed by atoms with Crippen LogP contribution in [0.1, 0.15) is 12.8 Å². The molecule has 0 spiro atoms. The predicted molar refractivity (Wildman–Crippen MR) is 69.1 cm³/mol. The Morgan fingerprint density at radius 1 is 1.30 bits per heavy atom. The molecule has 0 aromatic rings. The molecule has 20 heavy (non-hydrogen) atoms. The van der Waals surface area contributed by atoms with Crippen LogP contribution in [0.25, 0.3) is 0 Å². The van der Waals surface area contributed by atoms with E-state index in [0.29, 0.717) is 12.8 Å². The maximum absolute atomic E-state index is 11.7. The Hall–Kier alpha value is -1.35. The van der Waals surface area contributed by atoms with E-state index < -0.39 is 39.0 Å². The monoisotopic (exact) mass is 306 g/mol. The third-order valence-electron chi connectivity index (χ3n) is 3.67. The maximum Gasteiger partial charge on any atom is 0.315 e. The normalized spacial score (nSPS) is 31.9.